The zero-order valence-corrected chi connectivity index (χ0v) is 15.4. The molecule has 0 fully saturated rings. The van der Waals surface area contributed by atoms with Gasteiger partial charge in [-0.1, -0.05) is 36.4 Å². The summed E-state index contributed by atoms with van der Waals surface area (Å²) >= 11 is 0. The van der Waals surface area contributed by atoms with Crippen LogP contribution in [0, 0.1) is 10.1 Å². The first-order valence-electron chi connectivity index (χ1n) is 8.55. The SMILES string of the molecule is C/C(=N\N=C(N)NO)c1ccc(CC(=O)c2cc3cccc([N+](=O)[O-])c3[nH]2)cc1. The second-order valence-electron chi connectivity index (χ2n) is 6.26. The number of benzene rings is 2. The zero-order chi connectivity index (χ0) is 21.0. The summed E-state index contributed by atoms with van der Waals surface area (Å²) < 4.78 is 0. The number of fused-ring (bicyclic) bond motifs is 1. The van der Waals surface area contributed by atoms with Crippen molar-refractivity contribution in [2.45, 2.75) is 13.3 Å². The number of carbonyl (C=O) groups excluding carboxylic acids is 1. The van der Waals surface area contributed by atoms with Crippen LogP contribution >= 0.6 is 0 Å². The number of Topliss-reactive ketones (excluding diaryl/α,β-unsaturated/α-hetero) is 1. The number of aromatic nitrogens is 1. The van der Waals surface area contributed by atoms with Crippen molar-refractivity contribution in [3.05, 3.63) is 75.5 Å². The van der Waals surface area contributed by atoms with Gasteiger partial charge in [-0.2, -0.15) is 5.10 Å². The number of nitrogens with one attached hydrogen (secondary N) is 2. The summed E-state index contributed by atoms with van der Waals surface area (Å²) in [6, 6.07) is 13.5. The molecule has 0 unspecified atom stereocenters. The highest BCUT2D eigenvalue weighted by atomic mass is 16.6. The lowest BCUT2D eigenvalue weighted by Gasteiger charge is -2.03. The number of nitrogens with two attached hydrogens (primary N) is 1. The number of nitro groups is 1. The van der Waals surface area contributed by atoms with Gasteiger partial charge in [0.2, 0.25) is 5.96 Å². The molecule has 0 atom stereocenters. The minimum Gasteiger partial charge on any atom is -0.367 e. The first kappa shape index (κ1) is 19.7. The molecular formula is C19H18N6O4. The molecule has 148 valence electrons. The minimum atomic E-state index is -0.482. The summed E-state index contributed by atoms with van der Waals surface area (Å²) in [4.78, 5) is 26.1. The van der Waals surface area contributed by atoms with Gasteiger partial charge < -0.3 is 10.7 Å². The molecule has 10 nitrogen and oxygen atoms in total. The minimum absolute atomic E-state index is 0.0691. The number of nitrogens with zero attached hydrogens (tertiary/aromatic N) is 3. The molecule has 1 heterocycles. The third-order valence-corrected chi connectivity index (χ3v) is 4.29. The standard InChI is InChI=1S/C19H18N6O4/c1-11(22-23-19(20)24-27)13-7-5-12(6-8-13)9-17(26)15-10-14-3-2-4-16(25(28)29)18(14)21-15/h2-8,10,21,27H,9H2,1H3,(H3,20,23,24)/b22-11+. The van der Waals surface area contributed by atoms with Crippen molar-refractivity contribution in [2.24, 2.45) is 15.9 Å². The van der Waals surface area contributed by atoms with Crippen molar-refractivity contribution in [1.82, 2.24) is 10.5 Å². The van der Waals surface area contributed by atoms with E-state index in [0.717, 1.165) is 11.1 Å². The fraction of sp³-hybridized carbons (Fsp3) is 0.105. The maximum absolute atomic E-state index is 12.6. The zero-order valence-electron chi connectivity index (χ0n) is 15.4. The van der Waals surface area contributed by atoms with Gasteiger partial charge in [0.05, 0.1) is 16.3 Å². The molecule has 2 aromatic carbocycles. The molecule has 0 saturated heterocycles. The van der Waals surface area contributed by atoms with Crippen LogP contribution in [0.1, 0.15) is 28.5 Å². The van der Waals surface area contributed by atoms with E-state index in [1.807, 2.05) is 0 Å². The lowest BCUT2D eigenvalue weighted by Crippen LogP contribution is -2.27. The number of aromatic amines is 1. The molecule has 0 aliphatic carbocycles. The summed E-state index contributed by atoms with van der Waals surface area (Å²) in [7, 11) is 0. The number of rotatable bonds is 6. The van der Waals surface area contributed by atoms with E-state index in [-0.39, 0.29) is 23.9 Å². The number of hydrogen-bond donors (Lipinski definition) is 4. The van der Waals surface area contributed by atoms with Gasteiger partial charge in [0.15, 0.2) is 5.78 Å². The molecule has 10 heteroatoms. The topological polar surface area (TPSA) is 159 Å². The van der Waals surface area contributed by atoms with Crippen molar-refractivity contribution in [3.63, 3.8) is 0 Å². The van der Waals surface area contributed by atoms with Crippen molar-refractivity contribution in [2.75, 3.05) is 0 Å². The molecule has 3 rings (SSSR count). The number of non-ortho nitro benzene ring substituents is 1. The second-order valence-corrected chi connectivity index (χ2v) is 6.26. The first-order chi connectivity index (χ1) is 13.9. The molecule has 0 amide bonds. The number of guanidine groups is 1. The predicted octanol–water partition coefficient (Wildman–Crippen LogP) is 2.52. The van der Waals surface area contributed by atoms with Gasteiger partial charge in [0.25, 0.3) is 5.69 Å². The Morgan fingerprint density at radius 1 is 1.24 bits per heavy atom. The van der Waals surface area contributed by atoms with Crippen LogP contribution in [0.2, 0.25) is 0 Å². The third kappa shape index (κ3) is 4.45. The molecule has 0 spiro atoms. The van der Waals surface area contributed by atoms with E-state index in [1.54, 1.807) is 54.9 Å². The molecule has 0 aliphatic rings. The van der Waals surface area contributed by atoms with E-state index in [9.17, 15) is 14.9 Å². The van der Waals surface area contributed by atoms with Gasteiger partial charge in [0.1, 0.15) is 5.52 Å². The van der Waals surface area contributed by atoms with Gasteiger partial charge in [-0.15, -0.1) is 5.10 Å². The smallest absolute Gasteiger partial charge is 0.293 e. The summed E-state index contributed by atoms with van der Waals surface area (Å²) in [5, 5.41) is 27.8. The first-order valence-corrected chi connectivity index (χ1v) is 8.55. The molecule has 0 radical (unpaired) electrons. The molecular weight excluding hydrogens is 376 g/mol. The quantitative estimate of drug-likeness (QED) is 0.165. The van der Waals surface area contributed by atoms with E-state index in [2.05, 4.69) is 15.2 Å². The van der Waals surface area contributed by atoms with E-state index in [1.165, 1.54) is 6.07 Å². The highest BCUT2D eigenvalue weighted by Gasteiger charge is 2.17. The summed E-state index contributed by atoms with van der Waals surface area (Å²) in [6.45, 7) is 1.73. The van der Waals surface area contributed by atoms with Crippen LogP contribution in [0.15, 0.2) is 58.7 Å². The summed E-state index contributed by atoms with van der Waals surface area (Å²) in [5.41, 5.74) is 9.68. The van der Waals surface area contributed by atoms with Gasteiger partial charge in [-0.25, -0.2) is 5.48 Å². The number of H-pyrrole nitrogens is 1. The van der Waals surface area contributed by atoms with Gasteiger partial charge in [-0.05, 0) is 24.1 Å². The average Bonchev–Trinajstić information content (AvgIpc) is 3.16. The van der Waals surface area contributed by atoms with Crippen LogP contribution in [0.3, 0.4) is 0 Å². The lowest BCUT2D eigenvalue weighted by atomic mass is 10.0. The van der Waals surface area contributed by atoms with Crippen molar-refractivity contribution < 1.29 is 14.9 Å². The molecule has 29 heavy (non-hydrogen) atoms. The number of ketones is 1. The third-order valence-electron chi connectivity index (χ3n) is 4.29. The Balaban J connectivity index is 1.77. The van der Waals surface area contributed by atoms with Gasteiger partial charge in [0, 0.05) is 17.9 Å². The molecule has 3 aromatic rings. The maximum atomic E-state index is 12.6. The number of hydrogen-bond acceptors (Lipinski definition) is 6. The number of carbonyl (C=O) groups is 1. The second kappa shape index (κ2) is 8.31. The van der Waals surface area contributed by atoms with Crippen LogP contribution in [-0.2, 0) is 6.42 Å². The average molecular weight is 394 g/mol. The Bertz CT molecular complexity index is 1130. The largest absolute Gasteiger partial charge is 0.367 e. The van der Waals surface area contributed by atoms with Crippen molar-refractivity contribution in [3.8, 4) is 0 Å². The maximum Gasteiger partial charge on any atom is 0.293 e. The molecule has 0 saturated carbocycles. The molecule has 5 N–H and O–H groups in total. The van der Waals surface area contributed by atoms with E-state index >= 15 is 0 Å². The monoisotopic (exact) mass is 394 g/mol. The molecule has 0 aliphatic heterocycles. The highest BCUT2D eigenvalue weighted by molar-refractivity contribution is 6.02. The Morgan fingerprint density at radius 3 is 2.62 bits per heavy atom. The fourth-order valence-corrected chi connectivity index (χ4v) is 2.80. The van der Waals surface area contributed by atoms with E-state index in [0.29, 0.717) is 22.3 Å². The highest BCUT2D eigenvalue weighted by Crippen LogP contribution is 2.26. The molecule has 0 bridgehead atoms. The van der Waals surface area contributed by atoms with Crippen molar-refractivity contribution in [1.29, 1.82) is 0 Å². The number of nitro benzene ring substituents is 1. The molecule has 1 aromatic heterocycles. The summed E-state index contributed by atoms with van der Waals surface area (Å²) in [6.07, 6.45) is 0.136. The Hall–Kier alpha value is -4.05. The van der Waals surface area contributed by atoms with E-state index in [4.69, 9.17) is 10.9 Å². The van der Waals surface area contributed by atoms with Crippen LogP contribution in [0.25, 0.3) is 10.9 Å². The Morgan fingerprint density at radius 2 is 1.97 bits per heavy atom. The number of para-hydroxylation sites is 1. The fourth-order valence-electron chi connectivity index (χ4n) is 2.80. The van der Waals surface area contributed by atoms with Gasteiger partial charge in [-0.3, -0.25) is 20.1 Å². The lowest BCUT2D eigenvalue weighted by molar-refractivity contribution is -0.383. The van der Waals surface area contributed by atoms with Gasteiger partial charge >= 0.3 is 0 Å². The van der Waals surface area contributed by atoms with Crippen LogP contribution in [-0.4, -0.2) is 32.6 Å². The number of hydroxylamine groups is 1. The predicted molar refractivity (Wildman–Crippen MR) is 108 cm³/mol. The van der Waals surface area contributed by atoms with Crippen molar-refractivity contribution >= 4 is 34.0 Å². The van der Waals surface area contributed by atoms with E-state index < -0.39 is 4.92 Å². The normalized spacial score (nSPS) is 12.2. The van der Waals surface area contributed by atoms with Crippen LogP contribution in [0.5, 0.6) is 0 Å². The van der Waals surface area contributed by atoms with Crippen LogP contribution < -0.4 is 11.2 Å². The Labute approximate surface area is 164 Å². The van der Waals surface area contributed by atoms with Crippen LogP contribution in [0.4, 0.5) is 5.69 Å². The Kier molecular flexibility index (Phi) is 5.65. The summed E-state index contributed by atoms with van der Waals surface area (Å²) in [5.74, 6) is -0.412.